The van der Waals surface area contributed by atoms with Gasteiger partial charge in [-0.25, -0.2) is 13.1 Å². The molecule has 1 aliphatic heterocycles. The maximum Gasteiger partial charge on any atom is 0.150 e. The number of halogens is 1. The van der Waals surface area contributed by atoms with Gasteiger partial charge < -0.3 is 4.74 Å². The highest BCUT2D eigenvalue weighted by Crippen LogP contribution is 2.15. The minimum atomic E-state index is -2.81. The summed E-state index contributed by atoms with van der Waals surface area (Å²) in [4.78, 5) is 0. The fourth-order valence-electron chi connectivity index (χ4n) is 2.01. The minimum Gasteiger partial charge on any atom is -0.376 e. The molecule has 108 valence electrons. The Labute approximate surface area is 121 Å². The summed E-state index contributed by atoms with van der Waals surface area (Å²) in [5, 5.41) is 8.92. The van der Waals surface area contributed by atoms with Gasteiger partial charge in [-0.15, -0.1) is 5.10 Å². The number of hydrogen-bond acceptors (Lipinski definition) is 5. The molecule has 19 heavy (non-hydrogen) atoms. The Morgan fingerprint density at radius 3 is 2.84 bits per heavy atom. The molecule has 0 atom stereocenters. The van der Waals surface area contributed by atoms with E-state index in [1.807, 2.05) is 6.20 Å². The van der Waals surface area contributed by atoms with Crippen LogP contribution in [0.2, 0.25) is 0 Å². The molecule has 0 amide bonds. The molecule has 1 aromatic heterocycles. The van der Waals surface area contributed by atoms with Gasteiger partial charge in [-0.2, -0.15) is 0 Å². The smallest absolute Gasteiger partial charge is 0.150 e. The van der Waals surface area contributed by atoms with Gasteiger partial charge in [-0.3, -0.25) is 0 Å². The van der Waals surface area contributed by atoms with Crippen molar-refractivity contribution in [2.75, 3.05) is 23.4 Å². The second kappa shape index (κ2) is 6.81. The number of hydrogen-bond donors (Lipinski definition) is 0. The van der Waals surface area contributed by atoms with Gasteiger partial charge >= 0.3 is 0 Å². The van der Waals surface area contributed by atoms with Gasteiger partial charge in [0.25, 0.3) is 0 Å². The van der Waals surface area contributed by atoms with E-state index in [0.29, 0.717) is 26.0 Å². The van der Waals surface area contributed by atoms with E-state index < -0.39 is 9.84 Å². The number of alkyl halides is 1. The molecule has 0 spiro atoms. The molecule has 1 aliphatic rings. The average Bonchev–Trinajstić information content (AvgIpc) is 2.80. The Morgan fingerprint density at radius 2 is 2.16 bits per heavy atom. The lowest BCUT2D eigenvalue weighted by Crippen LogP contribution is -2.29. The van der Waals surface area contributed by atoms with E-state index in [2.05, 4.69) is 26.2 Å². The minimum absolute atomic E-state index is 0.0639. The highest BCUT2D eigenvalue weighted by Gasteiger charge is 2.23. The van der Waals surface area contributed by atoms with E-state index in [4.69, 9.17) is 4.74 Å². The molecule has 0 bridgehead atoms. The first-order valence-electron chi connectivity index (χ1n) is 6.36. The lowest BCUT2D eigenvalue weighted by molar-refractivity contribution is 0.0402. The Bertz CT molecular complexity index is 489. The Kier molecular flexibility index (Phi) is 5.35. The summed E-state index contributed by atoms with van der Waals surface area (Å²) in [6.45, 7) is 1.19. The third kappa shape index (κ3) is 4.85. The molecule has 0 aromatic carbocycles. The van der Waals surface area contributed by atoms with Crippen LogP contribution in [0.15, 0.2) is 6.20 Å². The summed E-state index contributed by atoms with van der Waals surface area (Å²) in [5.74, 6) is 0.493. The van der Waals surface area contributed by atoms with E-state index in [-0.39, 0.29) is 17.6 Å². The summed E-state index contributed by atoms with van der Waals surface area (Å²) in [5.41, 5.74) is 0.959. The second-order valence-corrected chi connectivity index (χ2v) is 7.73. The van der Waals surface area contributed by atoms with Gasteiger partial charge in [0, 0.05) is 17.9 Å². The third-order valence-corrected chi connectivity index (χ3v) is 5.22. The fourth-order valence-corrected chi connectivity index (χ4v) is 3.86. The largest absolute Gasteiger partial charge is 0.376 e. The number of ether oxygens (including phenoxy) is 1. The van der Waals surface area contributed by atoms with Crippen molar-refractivity contribution < 1.29 is 13.2 Å². The molecule has 0 aliphatic carbocycles. The molecule has 0 radical (unpaired) electrons. The lowest BCUT2D eigenvalue weighted by atomic mass is 10.2. The first-order chi connectivity index (χ1) is 9.09. The van der Waals surface area contributed by atoms with E-state index >= 15 is 0 Å². The number of aromatic nitrogens is 3. The molecule has 1 saturated heterocycles. The molecule has 1 aromatic rings. The first kappa shape index (κ1) is 14.9. The SMILES string of the molecule is O=S1(=O)CCC(OCCn2cc(CCBr)nn2)CC1. The van der Waals surface area contributed by atoms with E-state index in [9.17, 15) is 8.42 Å². The molecule has 2 rings (SSSR count). The lowest BCUT2D eigenvalue weighted by Gasteiger charge is -2.22. The van der Waals surface area contributed by atoms with Crippen molar-refractivity contribution >= 4 is 25.8 Å². The Balaban J connectivity index is 1.69. The van der Waals surface area contributed by atoms with Gasteiger partial charge in [-0.1, -0.05) is 21.1 Å². The fraction of sp³-hybridized carbons (Fsp3) is 0.818. The van der Waals surface area contributed by atoms with Crippen molar-refractivity contribution in [3.8, 4) is 0 Å². The summed E-state index contributed by atoms with van der Waals surface area (Å²) < 4.78 is 30.0. The van der Waals surface area contributed by atoms with Crippen LogP contribution in [0.1, 0.15) is 18.5 Å². The van der Waals surface area contributed by atoms with Crippen LogP contribution in [0.4, 0.5) is 0 Å². The molecular formula is C11H18BrN3O3S. The van der Waals surface area contributed by atoms with Crippen molar-refractivity contribution in [3.05, 3.63) is 11.9 Å². The molecule has 0 unspecified atom stereocenters. The van der Waals surface area contributed by atoms with E-state index in [0.717, 1.165) is 17.4 Å². The number of sulfone groups is 1. The molecular weight excluding hydrogens is 334 g/mol. The maximum atomic E-state index is 11.3. The number of aryl methyl sites for hydroxylation is 1. The van der Waals surface area contributed by atoms with Crippen LogP contribution >= 0.6 is 15.9 Å². The predicted octanol–water partition coefficient (Wildman–Crippen LogP) is 0.809. The van der Waals surface area contributed by atoms with Gasteiger partial charge in [0.2, 0.25) is 0 Å². The summed E-state index contributed by atoms with van der Waals surface area (Å²) in [7, 11) is -2.81. The van der Waals surface area contributed by atoms with Gasteiger partial charge in [0.1, 0.15) is 0 Å². The zero-order valence-electron chi connectivity index (χ0n) is 10.7. The first-order valence-corrected chi connectivity index (χ1v) is 9.30. The molecule has 0 saturated carbocycles. The summed E-state index contributed by atoms with van der Waals surface area (Å²) in [6.07, 6.45) is 4.05. The topological polar surface area (TPSA) is 74.1 Å². The molecule has 8 heteroatoms. The van der Waals surface area contributed by atoms with E-state index in [1.165, 1.54) is 0 Å². The number of nitrogens with zero attached hydrogens (tertiary/aromatic N) is 3. The third-order valence-electron chi connectivity index (χ3n) is 3.11. The molecule has 6 nitrogen and oxygen atoms in total. The average molecular weight is 352 g/mol. The second-order valence-electron chi connectivity index (χ2n) is 4.63. The molecule has 1 fully saturated rings. The van der Waals surface area contributed by atoms with Crippen molar-refractivity contribution in [1.82, 2.24) is 15.0 Å². The van der Waals surface area contributed by atoms with Crippen molar-refractivity contribution in [1.29, 1.82) is 0 Å². The Morgan fingerprint density at radius 1 is 1.42 bits per heavy atom. The van der Waals surface area contributed by atoms with Gasteiger partial charge in [-0.05, 0) is 12.8 Å². The zero-order chi connectivity index (χ0) is 13.7. The van der Waals surface area contributed by atoms with Crippen molar-refractivity contribution in [2.24, 2.45) is 0 Å². The monoisotopic (exact) mass is 351 g/mol. The predicted molar refractivity (Wildman–Crippen MR) is 75.1 cm³/mol. The van der Waals surface area contributed by atoms with Crippen LogP contribution in [-0.2, 0) is 27.5 Å². The van der Waals surface area contributed by atoms with Crippen LogP contribution in [0.3, 0.4) is 0 Å². The van der Waals surface area contributed by atoms with Crippen LogP contribution in [0, 0.1) is 0 Å². The van der Waals surface area contributed by atoms with E-state index in [1.54, 1.807) is 4.68 Å². The van der Waals surface area contributed by atoms with Crippen LogP contribution in [0.25, 0.3) is 0 Å². The van der Waals surface area contributed by atoms with Crippen molar-refractivity contribution in [2.45, 2.75) is 31.9 Å². The quantitative estimate of drug-likeness (QED) is 0.709. The van der Waals surface area contributed by atoms with Crippen LogP contribution in [0.5, 0.6) is 0 Å². The van der Waals surface area contributed by atoms with Gasteiger partial charge in [0.15, 0.2) is 9.84 Å². The number of rotatable bonds is 6. The highest BCUT2D eigenvalue weighted by molar-refractivity contribution is 9.09. The Hall–Kier alpha value is -0.470. The van der Waals surface area contributed by atoms with Crippen molar-refractivity contribution in [3.63, 3.8) is 0 Å². The molecule has 2 heterocycles. The highest BCUT2D eigenvalue weighted by atomic mass is 79.9. The molecule has 0 N–H and O–H groups in total. The normalized spacial score (nSPS) is 19.6. The van der Waals surface area contributed by atoms with Crippen LogP contribution < -0.4 is 0 Å². The zero-order valence-corrected chi connectivity index (χ0v) is 13.1. The maximum absolute atomic E-state index is 11.3. The van der Waals surface area contributed by atoms with Gasteiger partial charge in [0.05, 0.1) is 36.5 Å². The van der Waals surface area contributed by atoms with Crippen LogP contribution in [-0.4, -0.2) is 53.0 Å². The standard InChI is InChI=1S/C11H18BrN3O3S/c12-4-1-10-9-15(14-13-10)5-6-18-11-2-7-19(16,17)8-3-11/h9,11H,1-8H2. The summed E-state index contributed by atoms with van der Waals surface area (Å²) in [6, 6.07) is 0. The summed E-state index contributed by atoms with van der Waals surface area (Å²) >= 11 is 3.36.